The van der Waals surface area contributed by atoms with Crippen LogP contribution in [0.4, 0.5) is 15.8 Å². The van der Waals surface area contributed by atoms with Crippen LogP contribution in [0.15, 0.2) is 36.7 Å². The lowest BCUT2D eigenvalue weighted by atomic mass is 10.1. The topological polar surface area (TPSA) is 74.2 Å². The van der Waals surface area contributed by atoms with Crippen molar-refractivity contribution in [2.75, 3.05) is 18.5 Å². The summed E-state index contributed by atoms with van der Waals surface area (Å²) >= 11 is 0. The number of aryl methyl sites for hydroxylation is 1. The molecule has 3 N–H and O–H groups in total. The van der Waals surface area contributed by atoms with Crippen LogP contribution < -0.4 is 10.6 Å². The number of carbonyl (C=O) groups excluding carboxylic acids is 1. The number of anilines is 2. The average Bonchev–Trinajstić information content (AvgIpc) is 2.60. The second-order valence-corrected chi connectivity index (χ2v) is 4.86. The van der Waals surface area contributed by atoms with Gasteiger partial charge in [0.25, 0.3) is 5.91 Å². The molecule has 0 aliphatic rings. The molecule has 5 nitrogen and oxygen atoms in total. The van der Waals surface area contributed by atoms with E-state index in [1.165, 1.54) is 18.5 Å². The molecule has 0 atom stereocenters. The van der Waals surface area contributed by atoms with Gasteiger partial charge < -0.3 is 15.7 Å². The fourth-order valence-electron chi connectivity index (χ4n) is 1.93. The van der Waals surface area contributed by atoms with Crippen molar-refractivity contribution in [3.8, 4) is 0 Å². The molecular weight excluding hydrogens is 309 g/mol. The van der Waals surface area contributed by atoms with Gasteiger partial charge in [-0.2, -0.15) is 0 Å². The summed E-state index contributed by atoms with van der Waals surface area (Å²) in [5.74, 6) is -0.693. The van der Waals surface area contributed by atoms with E-state index in [1.54, 1.807) is 25.1 Å². The van der Waals surface area contributed by atoms with Crippen molar-refractivity contribution in [2.45, 2.75) is 27.2 Å². The molecule has 0 saturated carbocycles. The third kappa shape index (κ3) is 5.62. The fraction of sp³-hybridized carbons (Fsp3) is 0.333. The predicted octanol–water partition coefficient (Wildman–Crippen LogP) is 3.41. The van der Waals surface area contributed by atoms with Crippen molar-refractivity contribution >= 4 is 17.3 Å². The molecule has 0 aliphatic heterocycles. The molecule has 0 fully saturated rings. The van der Waals surface area contributed by atoms with E-state index in [0.717, 1.165) is 5.56 Å². The van der Waals surface area contributed by atoms with Crippen LogP contribution in [0, 0.1) is 12.7 Å². The van der Waals surface area contributed by atoms with Crippen LogP contribution in [-0.2, 0) is 0 Å². The summed E-state index contributed by atoms with van der Waals surface area (Å²) in [4.78, 5) is 16.1. The van der Waals surface area contributed by atoms with Gasteiger partial charge >= 0.3 is 0 Å². The summed E-state index contributed by atoms with van der Waals surface area (Å²) in [6.07, 6.45) is 3.45. The number of aromatic nitrogens is 1. The fourth-order valence-corrected chi connectivity index (χ4v) is 1.93. The van der Waals surface area contributed by atoms with Crippen molar-refractivity contribution in [2.24, 2.45) is 0 Å². The second-order valence-electron chi connectivity index (χ2n) is 4.86. The van der Waals surface area contributed by atoms with Gasteiger partial charge in [0.15, 0.2) is 0 Å². The molecule has 0 unspecified atom stereocenters. The van der Waals surface area contributed by atoms with E-state index in [-0.39, 0.29) is 18.2 Å². The molecule has 6 heteroatoms. The highest BCUT2D eigenvalue weighted by Gasteiger charge is 2.12. The lowest BCUT2D eigenvalue weighted by Crippen LogP contribution is -2.25. The Morgan fingerprint density at radius 1 is 1.25 bits per heavy atom. The Kier molecular flexibility index (Phi) is 8.43. The predicted molar refractivity (Wildman–Crippen MR) is 94.0 cm³/mol. The third-order valence-electron chi connectivity index (χ3n) is 3.08. The zero-order valence-electron chi connectivity index (χ0n) is 14.3. The molecule has 1 heterocycles. The number of nitrogens with zero attached hydrogens (tertiary/aromatic N) is 1. The molecule has 1 aromatic carbocycles. The van der Waals surface area contributed by atoms with Crippen molar-refractivity contribution < 1.29 is 14.3 Å². The monoisotopic (exact) mass is 333 g/mol. The van der Waals surface area contributed by atoms with Gasteiger partial charge in [0.05, 0.1) is 23.1 Å². The molecular formula is C18H24FN3O2. The van der Waals surface area contributed by atoms with E-state index < -0.39 is 5.82 Å². The van der Waals surface area contributed by atoms with E-state index in [2.05, 4.69) is 15.6 Å². The molecule has 0 spiro atoms. The van der Waals surface area contributed by atoms with Gasteiger partial charge in [-0.25, -0.2) is 4.39 Å². The summed E-state index contributed by atoms with van der Waals surface area (Å²) in [6, 6.07) is 6.37. The molecule has 0 aliphatic carbocycles. The molecule has 24 heavy (non-hydrogen) atoms. The summed E-state index contributed by atoms with van der Waals surface area (Å²) in [5, 5.41) is 14.3. The van der Waals surface area contributed by atoms with Gasteiger partial charge in [-0.05, 0) is 37.1 Å². The maximum absolute atomic E-state index is 13.9. The number of benzene rings is 1. The number of halogens is 1. The molecule has 0 saturated heterocycles. The molecule has 0 radical (unpaired) electrons. The van der Waals surface area contributed by atoms with Crippen LogP contribution in [0.2, 0.25) is 0 Å². The van der Waals surface area contributed by atoms with E-state index in [1.807, 2.05) is 13.8 Å². The first-order valence-corrected chi connectivity index (χ1v) is 7.98. The molecule has 2 rings (SSSR count). The number of aliphatic hydroxyl groups excluding tert-OH is 1. The first kappa shape index (κ1) is 19.6. The maximum Gasteiger partial charge on any atom is 0.253 e. The summed E-state index contributed by atoms with van der Waals surface area (Å²) in [7, 11) is 0. The minimum absolute atomic E-state index is 0.0102. The number of hydrogen-bond acceptors (Lipinski definition) is 4. The zero-order valence-corrected chi connectivity index (χ0v) is 14.3. The van der Waals surface area contributed by atoms with Crippen molar-refractivity contribution in [1.82, 2.24) is 10.3 Å². The Bertz CT molecular complexity index is 662. The lowest BCUT2D eigenvalue weighted by Gasteiger charge is -2.12. The third-order valence-corrected chi connectivity index (χ3v) is 3.08. The number of amides is 1. The largest absolute Gasteiger partial charge is 0.396 e. The van der Waals surface area contributed by atoms with Crippen LogP contribution in [0.25, 0.3) is 0 Å². The Morgan fingerprint density at radius 3 is 2.67 bits per heavy atom. The van der Waals surface area contributed by atoms with Crippen LogP contribution in [-0.4, -0.2) is 29.1 Å². The minimum Gasteiger partial charge on any atom is -0.396 e. The van der Waals surface area contributed by atoms with Gasteiger partial charge in [-0.3, -0.25) is 9.78 Å². The number of nitrogens with one attached hydrogen (secondary N) is 2. The van der Waals surface area contributed by atoms with Crippen LogP contribution in [0.3, 0.4) is 0 Å². The number of hydrogen-bond donors (Lipinski definition) is 3. The molecule has 1 amide bonds. The van der Waals surface area contributed by atoms with Crippen molar-refractivity contribution in [1.29, 1.82) is 0 Å². The smallest absolute Gasteiger partial charge is 0.253 e. The molecule has 0 bridgehead atoms. The Labute approximate surface area is 141 Å². The van der Waals surface area contributed by atoms with E-state index in [4.69, 9.17) is 5.11 Å². The number of aliphatic hydroxyl groups is 1. The highest BCUT2D eigenvalue weighted by Crippen LogP contribution is 2.23. The Hall–Kier alpha value is -2.47. The highest BCUT2D eigenvalue weighted by atomic mass is 19.1. The van der Waals surface area contributed by atoms with E-state index >= 15 is 0 Å². The number of carbonyl (C=O) groups is 1. The summed E-state index contributed by atoms with van der Waals surface area (Å²) < 4.78 is 13.9. The number of rotatable bonds is 6. The second kappa shape index (κ2) is 10.3. The van der Waals surface area contributed by atoms with Crippen molar-refractivity contribution in [3.05, 3.63) is 53.6 Å². The van der Waals surface area contributed by atoms with Gasteiger partial charge in [0, 0.05) is 19.3 Å². The van der Waals surface area contributed by atoms with Crippen LogP contribution in [0.1, 0.15) is 36.2 Å². The Balaban J connectivity index is 0.00000139. The van der Waals surface area contributed by atoms with Crippen molar-refractivity contribution in [3.63, 3.8) is 0 Å². The van der Waals surface area contributed by atoms with E-state index in [9.17, 15) is 9.18 Å². The van der Waals surface area contributed by atoms with Gasteiger partial charge in [0.1, 0.15) is 5.82 Å². The normalized spacial score (nSPS) is 9.71. The minimum atomic E-state index is -0.393. The zero-order chi connectivity index (χ0) is 17.9. The first-order chi connectivity index (χ1) is 11.6. The highest BCUT2D eigenvalue weighted by molar-refractivity contribution is 6.00. The van der Waals surface area contributed by atoms with Crippen LogP contribution in [0.5, 0.6) is 0 Å². The molecule has 1 aromatic heterocycles. The average molecular weight is 333 g/mol. The maximum atomic E-state index is 13.9. The Morgan fingerprint density at radius 2 is 2.00 bits per heavy atom. The van der Waals surface area contributed by atoms with Gasteiger partial charge in [-0.15, -0.1) is 0 Å². The lowest BCUT2D eigenvalue weighted by molar-refractivity contribution is 0.0952. The summed E-state index contributed by atoms with van der Waals surface area (Å²) in [5.41, 5.74) is 1.89. The molecule has 2 aromatic rings. The van der Waals surface area contributed by atoms with E-state index in [0.29, 0.717) is 24.2 Å². The standard InChI is InChI=1S/C16H18FN3O2.C2H6/c1-11-3-4-14(13(17)9-11)20-15-10-18-7-5-12(15)16(22)19-6-2-8-21;1-2/h3-5,7,9-10,20-21H,2,6,8H2,1H3,(H,19,22);1-2H3. The SMILES string of the molecule is CC.Cc1ccc(Nc2cnccc2C(=O)NCCCO)c(F)c1. The van der Waals surface area contributed by atoms with Gasteiger partial charge in [-0.1, -0.05) is 19.9 Å². The first-order valence-electron chi connectivity index (χ1n) is 7.98. The van der Waals surface area contributed by atoms with Gasteiger partial charge in [0.2, 0.25) is 0 Å². The quantitative estimate of drug-likeness (QED) is 0.708. The summed E-state index contributed by atoms with van der Waals surface area (Å²) in [6.45, 7) is 6.18. The molecule has 130 valence electrons. The van der Waals surface area contributed by atoms with Crippen LogP contribution >= 0.6 is 0 Å². The number of pyridine rings is 1.